The van der Waals surface area contributed by atoms with Gasteiger partial charge in [0.05, 0.1) is 6.42 Å². The molecule has 0 radical (unpaired) electrons. The van der Waals surface area contributed by atoms with E-state index < -0.39 is 23.9 Å². The molecule has 1 aliphatic rings. The van der Waals surface area contributed by atoms with Crippen LogP contribution in [0.2, 0.25) is 0 Å². The van der Waals surface area contributed by atoms with Crippen molar-refractivity contribution >= 4 is 35.1 Å². The third kappa shape index (κ3) is 4.03. The summed E-state index contributed by atoms with van der Waals surface area (Å²) in [5.74, 6) is -1.16. The van der Waals surface area contributed by atoms with Gasteiger partial charge in [0.15, 0.2) is 0 Å². The molecule has 2 rings (SSSR count). The lowest BCUT2D eigenvalue weighted by molar-refractivity contribution is -0.124. The summed E-state index contributed by atoms with van der Waals surface area (Å²) < 4.78 is 0. The highest BCUT2D eigenvalue weighted by atomic mass is 16.2. The van der Waals surface area contributed by atoms with Gasteiger partial charge >= 0.3 is 6.03 Å². The van der Waals surface area contributed by atoms with Crippen LogP contribution in [0, 0.1) is 0 Å². The Hall–Kier alpha value is -2.90. The van der Waals surface area contributed by atoms with Gasteiger partial charge in [-0.05, 0) is 18.2 Å². The highest BCUT2D eigenvalue weighted by molar-refractivity contribution is 6.06. The summed E-state index contributed by atoms with van der Waals surface area (Å²) in [6.07, 6.45) is -0.165. The molecule has 5 amide bonds. The average Bonchev–Trinajstić information content (AvgIpc) is 2.67. The fourth-order valence-corrected chi connectivity index (χ4v) is 1.88. The van der Waals surface area contributed by atoms with E-state index in [2.05, 4.69) is 21.3 Å². The Morgan fingerprint density at radius 2 is 1.86 bits per heavy atom. The predicted molar refractivity (Wildman–Crippen MR) is 74.5 cm³/mol. The largest absolute Gasteiger partial charge is 0.326 e. The van der Waals surface area contributed by atoms with Crippen molar-refractivity contribution in [2.75, 3.05) is 10.6 Å². The number of carbonyl (C=O) groups excluding carboxylic acids is 4. The highest BCUT2D eigenvalue weighted by Crippen LogP contribution is 2.15. The molecule has 4 N–H and O–H groups in total. The summed E-state index contributed by atoms with van der Waals surface area (Å²) in [6.45, 7) is 1.38. The Kier molecular flexibility index (Phi) is 4.17. The fourth-order valence-electron chi connectivity index (χ4n) is 1.88. The first-order valence-electron chi connectivity index (χ1n) is 6.23. The number of anilines is 2. The van der Waals surface area contributed by atoms with Crippen LogP contribution in [0.15, 0.2) is 24.3 Å². The molecule has 21 heavy (non-hydrogen) atoms. The molecule has 1 aromatic rings. The molecule has 1 aliphatic heterocycles. The average molecular weight is 290 g/mol. The van der Waals surface area contributed by atoms with Gasteiger partial charge in [0, 0.05) is 18.3 Å². The lowest BCUT2D eigenvalue weighted by Gasteiger charge is -2.09. The number of hydrogen-bond donors (Lipinski definition) is 4. The SMILES string of the molecule is CC(=O)Nc1cccc(NC(=O)CC2NC(=O)NC2=O)c1. The Morgan fingerprint density at radius 1 is 1.19 bits per heavy atom. The third-order valence-electron chi connectivity index (χ3n) is 2.71. The van der Waals surface area contributed by atoms with Gasteiger partial charge in [-0.15, -0.1) is 0 Å². The second-order valence-electron chi connectivity index (χ2n) is 4.53. The summed E-state index contributed by atoms with van der Waals surface area (Å²) in [6, 6.07) is 5.12. The molecule has 8 heteroatoms. The number of benzene rings is 1. The van der Waals surface area contributed by atoms with Gasteiger partial charge in [0.25, 0.3) is 5.91 Å². The Labute approximate surface area is 120 Å². The number of carbonyl (C=O) groups is 4. The van der Waals surface area contributed by atoms with Crippen molar-refractivity contribution in [3.05, 3.63) is 24.3 Å². The van der Waals surface area contributed by atoms with Crippen molar-refractivity contribution in [1.82, 2.24) is 10.6 Å². The third-order valence-corrected chi connectivity index (χ3v) is 2.71. The molecule has 0 aliphatic carbocycles. The van der Waals surface area contributed by atoms with Crippen molar-refractivity contribution in [2.24, 2.45) is 0 Å². The molecule has 1 aromatic carbocycles. The standard InChI is InChI=1S/C13H14N4O4/c1-7(18)14-8-3-2-4-9(5-8)15-11(19)6-10-12(20)17-13(21)16-10/h2-5,10H,6H2,1H3,(H,14,18)(H,15,19)(H2,16,17,20,21). The molecular formula is C13H14N4O4. The fraction of sp³-hybridized carbons (Fsp3) is 0.231. The topological polar surface area (TPSA) is 116 Å². The zero-order valence-electron chi connectivity index (χ0n) is 11.2. The van der Waals surface area contributed by atoms with Crippen LogP contribution < -0.4 is 21.3 Å². The Balaban J connectivity index is 1.95. The first-order chi connectivity index (χ1) is 9.94. The summed E-state index contributed by atoms with van der Waals surface area (Å²) in [5.41, 5.74) is 1.03. The van der Waals surface area contributed by atoms with E-state index in [4.69, 9.17) is 0 Å². The van der Waals surface area contributed by atoms with Gasteiger partial charge in [0.2, 0.25) is 11.8 Å². The van der Waals surface area contributed by atoms with Crippen molar-refractivity contribution in [2.45, 2.75) is 19.4 Å². The van der Waals surface area contributed by atoms with E-state index in [1.165, 1.54) is 6.92 Å². The van der Waals surface area contributed by atoms with Gasteiger partial charge in [-0.2, -0.15) is 0 Å². The van der Waals surface area contributed by atoms with Crippen molar-refractivity contribution in [1.29, 1.82) is 0 Å². The monoisotopic (exact) mass is 290 g/mol. The molecule has 1 unspecified atom stereocenters. The van der Waals surface area contributed by atoms with Crippen LogP contribution in [-0.4, -0.2) is 29.8 Å². The van der Waals surface area contributed by atoms with Crippen LogP contribution in [0.1, 0.15) is 13.3 Å². The van der Waals surface area contributed by atoms with Crippen LogP contribution in [0.5, 0.6) is 0 Å². The Morgan fingerprint density at radius 3 is 2.43 bits per heavy atom. The summed E-state index contributed by atoms with van der Waals surface area (Å²) >= 11 is 0. The van der Waals surface area contributed by atoms with Gasteiger partial charge in [-0.25, -0.2) is 4.79 Å². The molecule has 0 aromatic heterocycles. The zero-order chi connectivity index (χ0) is 15.4. The normalized spacial score (nSPS) is 16.9. The quantitative estimate of drug-likeness (QED) is 0.592. The van der Waals surface area contributed by atoms with Gasteiger partial charge in [0.1, 0.15) is 6.04 Å². The molecule has 1 atom stereocenters. The number of rotatable bonds is 4. The molecule has 0 spiro atoms. The minimum Gasteiger partial charge on any atom is -0.326 e. The maximum absolute atomic E-state index is 11.8. The number of nitrogens with one attached hydrogen (secondary N) is 4. The highest BCUT2D eigenvalue weighted by Gasteiger charge is 2.31. The molecule has 0 saturated carbocycles. The second kappa shape index (κ2) is 6.04. The first-order valence-corrected chi connectivity index (χ1v) is 6.23. The van der Waals surface area contributed by atoms with Gasteiger partial charge in [-0.1, -0.05) is 6.07 Å². The maximum atomic E-state index is 11.8. The van der Waals surface area contributed by atoms with Crippen molar-refractivity contribution in [3.8, 4) is 0 Å². The van der Waals surface area contributed by atoms with Crippen molar-refractivity contribution < 1.29 is 19.2 Å². The van der Waals surface area contributed by atoms with E-state index >= 15 is 0 Å². The van der Waals surface area contributed by atoms with Gasteiger partial charge in [-0.3, -0.25) is 19.7 Å². The van der Waals surface area contributed by atoms with E-state index in [0.29, 0.717) is 11.4 Å². The summed E-state index contributed by atoms with van der Waals surface area (Å²) in [4.78, 5) is 45.0. The van der Waals surface area contributed by atoms with Crippen molar-refractivity contribution in [3.63, 3.8) is 0 Å². The number of amides is 5. The van der Waals surface area contributed by atoms with Gasteiger partial charge < -0.3 is 16.0 Å². The summed E-state index contributed by atoms with van der Waals surface area (Å²) in [5, 5.41) is 9.58. The molecular weight excluding hydrogens is 276 g/mol. The molecule has 1 fully saturated rings. The van der Waals surface area contributed by atoms with E-state index in [-0.39, 0.29) is 12.3 Å². The Bertz CT molecular complexity index is 614. The van der Waals surface area contributed by atoms with Crippen LogP contribution in [0.4, 0.5) is 16.2 Å². The summed E-state index contributed by atoms with van der Waals surface area (Å²) in [7, 11) is 0. The van der Waals surface area contributed by atoms with Crippen LogP contribution >= 0.6 is 0 Å². The van der Waals surface area contributed by atoms with E-state index in [0.717, 1.165) is 0 Å². The molecule has 110 valence electrons. The van der Waals surface area contributed by atoms with Crippen LogP contribution in [0.25, 0.3) is 0 Å². The molecule has 0 bridgehead atoms. The second-order valence-corrected chi connectivity index (χ2v) is 4.53. The smallest absolute Gasteiger partial charge is 0.322 e. The van der Waals surface area contributed by atoms with E-state index in [1.54, 1.807) is 24.3 Å². The number of hydrogen-bond acceptors (Lipinski definition) is 4. The minimum absolute atomic E-state index is 0.165. The molecule has 1 saturated heterocycles. The lowest BCUT2D eigenvalue weighted by atomic mass is 10.2. The predicted octanol–water partition coefficient (Wildman–Crippen LogP) is 0.182. The number of urea groups is 1. The number of imide groups is 1. The van der Waals surface area contributed by atoms with E-state index in [1.807, 2.05) is 0 Å². The van der Waals surface area contributed by atoms with E-state index in [9.17, 15) is 19.2 Å². The van der Waals surface area contributed by atoms with Crippen LogP contribution in [0.3, 0.4) is 0 Å². The minimum atomic E-state index is -0.865. The molecule has 1 heterocycles. The zero-order valence-corrected chi connectivity index (χ0v) is 11.2. The first kappa shape index (κ1) is 14.5. The maximum Gasteiger partial charge on any atom is 0.322 e. The molecule has 8 nitrogen and oxygen atoms in total. The lowest BCUT2D eigenvalue weighted by Crippen LogP contribution is -2.33. The van der Waals surface area contributed by atoms with Crippen LogP contribution in [-0.2, 0) is 14.4 Å².